The Hall–Kier alpha value is -1.72. The van der Waals surface area contributed by atoms with Crippen LogP contribution in [0.5, 0.6) is 0 Å². The quantitative estimate of drug-likeness (QED) is 0.828. The summed E-state index contributed by atoms with van der Waals surface area (Å²) in [6, 6.07) is 10.4. The molecule has 3 rings (SSSR count). The zero-order valence-corrected chi connectivity index (χ0v) is 15.1. The predicted octanol–water partition coefficient (Wildman–Crippen LogP) is 3.80. The Morgan fingerprint density at radius 2 is 2.17 bits per heavy atom. The van der Waals surface area contributed by atoms with E-state index in [2.05, 4.69) is 43.1 Å². The fraction of sp³-hybridized carbons (Fsp3) is 0.474. The lowest BCUT2D eigenvalue weighted by Gasteiger charge is -2.33. The molecule has 0 saturated carbocycles. The third-order valence-corrected chi connectivity index (χ3v) is 5.53. The summed E-state index contributed by atoms with van der Waals surface area (Å²) < 4.78 is 5.77. The van der Waals surface area contributed by atoms with Gasteiger partial charge < -0.3 is 9.64 Å². The van der Waals surface area contributed by atoms with Crippen molar-refractivity contribution in [2.45, 2.75) is 38.2 Å². The van der Waals surface area contributed by atoms with Crippen LogP contribution in [0.15, 0.2) is 41.9 Å². The molecule has 4 nitrogen and oxygen atoms in total. The summed E-state index contributed by atoms with van der Waals surface area (Å²) in [4.78, 5) is 18.9. The highest BCUT2D eigenvalue weighted by atomic mass is 32.1. The molecule has 24 heavy (non-hydrogen) atoms. The van der Waals surface area contributed by atoms with Crippen LogP contribution in [0.1, 0.15) is 43.4 Å². The van der Waals surface area contributed by atoms with Crippen LogP contribution in [0, 0.1) is 0 Å². The monoisotopic (exact) mass is 344 g/mol. The van der Waals surface area contributed by atoms with Crippen molar-refractivity contribution in [2.75, 3.05) is 19.7 Å². The van der Waals surface area contributed by atoms with E-state index in [1.807, 2.05) is 16.3 Å². The second kappa shape index (κ2) is 7.45. The molecule has 5 heteroatoms. The summed E-state index contributed by atoms with van der Waals surface area (Å²) in [6.45, 7) is 6.27. The normalized spacial score (nSPS) is 18.6. The highest BCUT2D eigenvalue weighted by molar-refractivity contribution is 7.09. The number of carbonyl (C=O) groups is 1. The Morgan fingerprint density at radius 1 is 1.38 bits per heavy atom. The van der Waals surface area contributed by atoms with Gasteiger partial charge in [0.05, 0.1) is 13.2 Å². The van der Waals surface area contributed by atoms with Crippen molar-refractivity contribution in [3.63, 3.8) is 0 Å². The van der Waals surface area contributed by atoms with Crippen molar-refractivity contribution >= 4 is 17.2 Å². The lowest BCUT2D eigenvalue weighted by molar-refractivity contribution is -0.139. The average Bonchev–Trinajstić information content (AvgIpc) is 3.15. The zero-order valence-electron chi connectivity index (χ0n) is 14.3. The second-order valence-corrected chi connectivity index (χ2v) is 7.75. The fourth-order valence-electron chi connectivity index (χ4n) is 3.03. The first-order chi connectivity index (χ1) is 11.6. The molecule has 1 aromatic heterocycles. The molecule has 1 fully saturated rings. The maximum atomic E-state index is 12.6. The summed E-state index contributed by atoms with van der Waals surface area (Å²) in [6.07, 6.45) is 3.11. The highest BCUT2D eigenvalue weighted by Gasteiger charge is 2.28. The Labute approximate surface area is 147 Å². The Morgan fingerprint density at radius 3 is 2.88 bits per heavy atom. The van der Waals surface area contributed by atoms with Crippen LogP contribution < -0.4 is 0 Å². The van der Waals surface area contributed by atoms with Gasteiger partial charge in [-0.3, -0.25) is 4.79 Å². The van der Waals surface area contributed by atoms with Crippen LogP contribution in [0.25, 0.3) is 0 Å². The largest absolute Gasteiger partial charge is 0.367 e. The van der Waals surface area contributed by atoms with Gasteiger partial charge in [0.2, 0.25) is 5.91 Å². The molecule has 1 unspecified atom stereocenters. The van der Waals surface area contributed by atoms with E-state index in [0.29, 0.717) is 26.1 Å². The van der Waals surface area contributed by atoms with Crippen LogP contribution in [-0.2, 0) is 14.9 Å². The van der Waals surface area contributed by atoms with Crippen LogP contribution >= 0.6 is 11.3 Å². The number of rotatable bonds is 5. The average molecular weight is 344 g/mol. The Balaban J connectivity index is 1.57. The Bertz CT molecular complexity index is 655. The molecule has 2 aromatic rings. The van der Waals surface area contributed by atoms with E-state index >= 15 is 0 Å². The molecule has 1 amide bonds. The number of hydrogen-bond donors (Lipinski definition) is 0. The summed E-state index contributed by atoms with van der Waals surface area (Å²) in [5.74, 6) is 0.212. The molecule has 1 atom stereocenters. The second-order valence-electron chi connectivity index (χ2n) is 6.82. The number of benzene rings is 1. The molecular formula is C19H24N2O2S. The summed E-state index contributed by atoms with van der Waals surface area (Å²) in [5, 5.41) is 2.90. The molecule has 128 valence electrons. The number of morpholine rings is 1. The van der Waals surface area contributed by atoms with Gasteiger partial charge in [0.25, 0.3) is 0 Å². The van der Waals surface area contributed by atoms with Gasteiger partial charge in [-0.05, 0) is 17.4 Å². The summed E-state index contributed by atoms with van der Waals surface area (Å²) in [7, 11) is 0. The van der Waals surface area contributed by atoms with E-state index in [9.17, 15) is 4.79 Å². The van der Waals surface area contributed by atoms with Crippen molar-refractivity contribution in [2.24, 2.45) is 0 Å². The van der Waals surface area contributed by atoms with Gasteiger partial charge in [0.1, 0.15) is 11.1 Å². The summed E-state index contributed by atoms with van der Waals surface area (Å²) in [5.41, 5.74) is 1.28. The minimum absolute atomic E-state index is 0.00207. The standard InChI is InChI=1S/C19H24N2O2S/c1-19(2,15-6-4-3-5-7-15)9-8-17(22)21-11-12-23-16(14-21)18-20-10-13-24-18/h3-7,10,13,16H,8-9,11-12,14H2,1-2H3. The molecule has 2 heterocycles. The van der Waals surface area contributed by atoms with E-state index in [-0.39, 0.29) is 17.4 Å². The maximum Gasteiger partial charge on any atom is 0.222 e. The minimum atomic E-state index is -0.0789. The zero-order chi connectivity index (χ0) is 17.0. The van der Waals surface area contributed by atoms with E-state index in [1.54, 1.807) is 17.5 Å². The first-order valence-electron chi connectivity index (χ1n) is 8.40. The molecule has 1 aromatic carbocycles. The molecule has 0 N–H and O–H groups in total. The van der Waals surface area contributed by atoms with Gasteiger partial charge in [0, 0.05) is 24.5 Å². The predicted molar refractivity (Wildman–Crippen MR) is 96.1 cm³/mol. The van der Waals surface area contributed by atoms with Crippen LogP contribution in [0.3, 0.4) is 0 Å². The van der Waals surface area contributed by atoms with Gasteiger partial charge >= 0.3 is 0 Å². The van der Waals surface area contributed by atoms with E-state index in [4.69, 9.17) is 4.74 Å². The van der Waals surface area contributed by atoms with Crippen LogP contribution in [-0.4, -0.2) is 35.5 Å². The highest BCUT2D eigenvalue weighted by Crippen LogP contribution is 2.29. The molecular weight excluding hydrogens is 320 g/mol. The number of carbonyl (C=O) groups excluding carboxylic acids is 1. The lowest BCUT2D eigenvalue weighted by atomic mass is 9.80. The van der Waals surface area contributed by atoms with Crippen LogP contribution in [0.2, 0.25) is 0 Å². The number of ether oxygens (including phenoxy) is 1. The third kappa shape index (κ3) is 4.02. The molecule has 0 aliphatic carbocycles. The SMILES string of the molecule is CC(C)(CCC(=O)N1CCOC(c2nccs2)C1)c1ccccc1. The van der Waals surface area contributed by atoms with Gasteiger partial charge in [0.15, 0.2) is 0 Å². The van der Waals surface area contributed by atoms with Crippen molar-refractivity contribution in [1.29, 1.82) is 0 Å². The Kier molecular flexibility index (Phi) is 5.31. The number of hydrogen-bond acceptors (Lipinski definition) is 4. The number of nitrogens with zero attached hydrogens (tertiary/aromatic N) is 2. The number of aromatic nitrogens is 1. The lowest BCUT2D eigenvalue weighted by Crippen LogP contribution is -2.42. The van der Waals surface area contributed by atoms with Crippen molar-refractivity contribution < 1.29 is 9.53 Å². The molecule has 0 spiro atoms. The molecule has 1 aliphatic rings. The van der Waals surface area contributed by atoms with Crippen molar-refractivity contribution in [3.05, 3.63) is 52.5 Å². The summed E-state index contributed by atoms with van der Waals surface area (Å²) >= 11 is 1.58. The van der Waals surface area contributed by atoms with Crippen molar-refractivity contribution in [1.82, 2.24) is 9.88 Å². The molecule has 1 saturated heterocycles. The van der Waals surface area contributed by atoms with Gasteiger partial charge in [-0.15, -0.1) is 11.3 Å². The fourth-order valence-corrected chi connectivity index (χ4v) is 3.71. The van der Waals surface area contributed by atoms with E-state index < -0.39 is 0 Å². The minimum Gasteiger partial charge on any atom is -0.367 e. The number of thiazole rings is 1. The maximum absolute atomic E-state index is 12.6. The van der Waals surface area contributed by atoms with Gasteiger partial charge in [-0.2, -0.15) is 0 Å². The number of amides is 1. The topological polar surface area (TPSA) is 42.4 Å². The first-order valence-corrected chi connectivity index (χ1v) is 9.28. The van der Waals surface area contributed by atoms with E-state index in [1.165, 1.54) is 5.56 Å². The van der Waals surface area contributed by atoms with E-state index in [0.717, 1.165) is 11.4 Å². The van der Waals surface area contributed by atoms with Crippen LogP contribution in [0.4, 0.5) is 0 Å². The van der Waals surface area contributed by atoms with Gasteiger partial charge in [-0.25, -0.2) is 4.98 Å². The smallest absolute Gasteiger partial charge is 0.222 e. The molecule has 1 aliphatic heterocycles. The first kappa shape index (κ1) is 17.1. The third-order valence-electron chi connectivity index (χ3n) is 4.67. The van der Waals surface area contributed by atoms with Gasteiger partial charge in [-0.1, -0.05) is 44.2 Å². The molecule has 0 bridgehead atoms. The van der Waals surface area contributed by atoms with Crippen molar-refractivity contribution in [3.8, 4) is 0 Å². The molecule has 0 radical (unpaired) electrons.